The molecule has 10 heteroatoms. The lowest BCUT2D eigenvalue weighted by Gasteiger charge is -2.06. The third kappa shape index (κ3) is 3.35. The molecule has 3 aromatic rings. The number of nitrogens with one attached hydrogen (secondary N) is 1. The number of carbonyl (C=O) groups is 1. The largest absolute Gasteiger partial charge is 0.465 e. The van der Waals surface area contributed by atoms with E-state index in [4.69, 9.17) is 16.9 Å². The number of aromatic amines is 1. The normalized spacial score (nSPS) is 10.6. The molecule has 1 aromatic carbocycles. The average Bonchev–Trinajstić information content (AvgIpc) is 3.04. The highest BCUT2D eigenvalue weighted by molar-refractivity contribution is 7.98. The van der Waals surface area contributed by atoms with Crippen LogP contribution in [0.1, 0.15) is 21.5 Å². The monoisotopic (exact) mass is 375 g/mol. The van der Waals surface area contributed by atoms with Crippen molar-refractivity contribution in [2.75, 3.05) is 7.11 Å². The molecular formula is C15H10ClN5O3S. The van der Waals surface area contributed by atoms with Crippen molar-refractivity contribution in [2.45, 2.75) is 10.9 Å². The quantitative estimate of drug-likeness (QED) is 0.548. The molecule has 0 amide bonds. The van der Waals surface area contributed by atoms with E-state index in [1.165, 1.54) is 25.1 Å². The molecule has 0 aliphatic rings. The second kappa shape index (κ2) is 6.96. The summed E-state index contributed by atoms with van der Waals surface area (Å²) in [5, 5.41) is 13.6. The molecule has 0 aliphatic heterocycles. The molecule has 0 saturated heterocycles. The number of methoxy groups -OCH3 is 1. The van der Waals surface area contributed by atoms with Crippen LogP contribution < -0.4 is 5.69 Å². The molecule has 0 radical (unpaired) electrons. The summed E-state index contributed by atoms with van der Waals surface area (Å²) < 4.78 is 5.71. The molecule has 0 aliphatic carbocycles. The van der Waals surface area contributed by atoms with Gasteiger partial charge in [0.1, 0.15) is 11.6 Å². The first-order valence-corrected chi connectivity index (χ1v) is 8.27. The van der Waals surface area contributed by atoms with Gasteiger partial charge in [0.25, 0.3) is 0 Å². The van der Waals surface area contributed by atoms with Gasteiger partial charge >= 0.3 is 11.7 Å². The van der Waals surface area contributed by atoms with E-state index in [0.717, 1.165) is 4.52 Å². The number of hydrogen-bond donors (Lipinski definition) is 1. The zero-order valence-electron chi connectivity index (χ0n) is 12.8. The van der Waals surface area contributed by atoms with Crippen LogP contribution in [0.4, 0.5) is 0 Å². The van der Waals surface area contributed by atoms with Crippen LogP contribution in [0.3, 0.4) is 0 Å². The number of halogens is 1. The molecule has 0 saturated carbocycles. The number of hydrogen-bond acceptors (Lipinski definition) is 7. The van der Waals surface area contributed by atoms with E-state index in [-0.39, 0.29) is 11.2 Å². The van der Waals surface area contributed by atoms with Crippen molar-refractivity contribution in [3.05, 3.63) is 56.6 Å². The first-order valence-electron chi connectivity index (χ1n) is 6.91. The Morgan fingerprint density at radius 2 is 2.32 bits per heavy atom. The highest BCUT2D eigenvalue weighted by Crippen LogP contribution is 2.26. The van der Waals surface area contributed by atoms with Gasteiger partial charge in [-0.1, -0.05) is 23.4 Å². The van der Waals surface area contributed by atoms with Gasteiger partial charge in [-0.3, -0.25) is 4.98 Å². The van der Waals surface area contributed by atoms with E-state index in [1.807, 2.05) is 6.07 Å². The molecule has 126 valence electrons. The number of H-pyrrole nitrogens is 1. The fraction of sp³-hybridized carbons (Fsp3) is 0.133. The smallest absolute Gasteiger partial charge is 0.350 e. The second-order valence-corrected chi connectivity index (χ2v) is 6.21. The SMILES string of the molecule is COC(=O)c1ccc(Cl)c(CSc2nc3c(C#N)cnn3c(=O)[nH]2)c1. The highest BCUT2D eigenvalue weighted by Gasteiger charge is 2.12. The maximum Gasteiger partial charge on any atom is 0.350 e. The average molecular weight is 376 g/mol. The van der Waals surface area contributed by atoms with Crippen LogP contribution in [0.2, 0.25) is 5.02 Å². The molecule has 0 atom stereocenters. The van der Waals surface area contributed by atoms with Crippen molar-refractivity contribution >= 4 is 35.0 Å². The van der Waals surface area contributed by atoms with Crippen LogP contribution in [0, 0.1) is 11.3 Å². The summed E-state index contributed by atoms with van der Waals surface area (Å²) in [6, 6.07) is 6.73. The van der Waals surface area contributed by atoms with Crippen molar-refractivity contribution < 1.29 is 9.53 Å². The molecule has 0 spiro atoms. The van der Waals surface area contributed by atoms with Gasteiger partial charge in [0.2, 0.25) is 0 Å². The van der Waals surface area contributed by atoms with Gasteiger partial charge in [0.05, 0.1) is 18.9 Å². The van der Waals surface area contributed by atoms with Gasteiger partial charge in [-0.15, -0.1) is 0 Å². The zero-order valence-corrected chi connectivity index (χ0v) is 14.4. The zero-order chi connectivity index (χ0) is 18.0. The molecule has 25 heavy (non-hydrogen) atoms. The Kier molecular flexibility index (Phi) is 4.74. The minimum atomic E-state index is -0.497. The van der Waals surface area contributed by atoms with Crippen LogP contribution >= 0.6 is 23.4 Å². The number of esters is 1. The van der Waals surface area contributed by atoms with Crippen molar-refractivity contribution in [1.29, 1.82) is 5.26 Å². The number of ether oxygens (including phenoxy) is 1. The lowest BCUT2D eigenvalue weighted by Crippen LogP contribution is -2.19. The third-order valence-electron chi connectivity index (χ3n) is 3.31. The number of thioether (sulfide) groups is 1. The number of nitrogens with zero attached hydrogens (tertiary/aromatic N) is 4. The predicted octanol–water partition coefficient (Wildman–Crippen LogP) is 2.02. The van der Waals surface area contributed by atoms with E-state index < -0.39 is 11.7 Å². The van der Waals surface area contributed by atoms with Gasteiger partial charge in [0, 0.05) is 10.8 Å². The summed E-state index contributed by atoms with van der Waals surface area (Å²) in [7, 11) is 1.30. The Balaban J connectivity index is 1.89. The van der Waals surface area contributed by atoms with Gasteiger partial charge in [-0.05, 0) is 23.8 Å². The number of nitriles is 1. The summed E-state index contributed by atoms with van der Waals surface area (Å²) in [6.07, 6.45) is 1.28. The molecule has 8 nitrogen and oxygen atoms in total. The Hall–Kier alpha value is -2.83. The lowest BCUT2D eigenvalue weighted by atomic mass is 10.1. The number of rotatable bonds is 4. The molecule has 0 unspecified atom stereocenters. The Morgan fingerprint density at radius 1 is 1.52 bits per heavy atom. The van der Waals surface area contributed by atoms with Gasteiger partial charge in [-0.2, -0.15) is 14.9 Å². The molecule has 0 fully saturated rings. The summed E-state index contributed by atoms with van der Waals surface area (Å²) in [6.45, 7) is 0. The summed E-state index contributed by atoms with van der Waals surface area (Å²) in [4.78, 5) is 30.4. The summed E-state index contributed by atoms with van der Waals surface area (Å²) in [5.41, 5.74) is 0.957. The van der Waals surface area contributed by atoms with Crippen molar-refractivity contribution in [2.24, 2.45) is 0 Å². The maximum atomic E-state index is 12.0. The number of fused-ring (bicyclic) bond motifs is 1. The van der Waals surface area contributed by atoms with Crippen LogP contribution in [0.25, 0.3) is 5.65 Å². The summed E-state index contributed by atoms with van der Waals surface area (Å²) >= 11 is 7.37. The van der Waals surface area contributed by atoms with Crippen LogP contribution in [-0.4, -0.2) is 32.7 Å². The van der Waals surface area contributed by atoms with E-state index in [2.05, 4.69) is 19.8 Å². The van der Waals surface area contributed by atoms with E-state index in [0.29, 0.717) is 27.1 Å². The Morgan fingerprint density at radius 3 is 3.04 bits per heavy atom. The van der Waals surface area contributed by atoms with Gasteiger partial charge < -0.3 is 4.74 Å². The van der Waals surface area contributed by atoms with Gasteiger partial charge in [0.15, 0.2) is 10.8 Å². The topological polar surface area (TPSA) is 113 Å². The fourth-order valence-electron chi connectivity index (χ4n) is 2.09. The second-order valence-electron chi connectivity index (χ2n) is 4.84. The number of aromatic nitrogens is 4. The molecule has 2 aromatic heterocycles. The van der Waals surface area contributed by atoms with E-state index >= 15 is 0 Å². The number of benzene rings is 1. The molecular weight excluding hydrogens is 366 g/mol. The first-order chi connectivity index (χ1) is 12.0. The minimum absolute atomic E-state index is 0.183. The Labute approximate surface area is 150 Å². The molecule has 0 bridgehead atoms. The molecule has 3 rings (SSSR count). The third-order valence-corrected chi connectivity index (χ3v) is 4.60. The predicted molar refractivity (Wildman–Crippen MR) is 90.7 cm³/mol. The van der Waals surface area contributed by atoms with Crippen molar-refractivity contribution in [1.82, 2.24) is 19.6 Å². The molecule has 2 heterocycles. The first kappa shape index (κ1) is 17.0. The standard InChI is InChI=1S/C15H10ClN5O3S/c1-24-13(22)8-2-3-11(16)9(4-8)7-25-14-19-12-10(5-17)6-18-21(12)15(23)20-14/h2-4,6H,7H2,1H3,(H,19,20,23). The van der Waals surface area contributed by atoms with Crippen LogP contribution in [0.5, 0.6) is 0 Å². The van der Waals surface area contributed by atoms with Crippen molar-refractivity contribution in [3.8, 4) is 6.07 Å². The maximum absolute atomic E-state index is 12.0. The number of carbonyl (C=O) groups excluding carboxylic acids is 1. The fourth-order valence-corrected chi connectivity index (χ4v) is 3.20. The van der Waals surface area contributed by atoms with Gasteiger partial charge in [-0.25, -0.2) is 14.6 Å². The van der Waals surface area contributed by atoms with E-state index in [9.17, 15) is 9.59 Å². The Bertz CT molecular complexity index is 1070. The molecule has 1 N–H and O–H groups in total. The van der Waals surface area contributed by atoms with Crippen LogP contribution in [0.15, 0.2) is 34.3 Å². The van der Waals surface area contributed by atoms with Crippen molar-refractivity contribution in [3.63, 3.8) is 0 Å². The highest BCUT2D eigenvalue weighted by atomic mass is 35.5. The van der Waals surface area contributed by atoms with E-state index in [1.54, 1.807) is 18.2 Å². The minimum Gasteiger partial charge on any atom is -0.465 e. The summed E-state index contributed by atoms with van der Waals surface area (Å²) in [5.74, 6) is -0.104. The lowest BCUT2D eigenvalue weighted by molar-refractivity contribution is 0.0600. The van der Waals surface area contributed by atoms with Crippen LogP contribution in [-0.2, 0) is 10.5 Å².